The molecule has 2 unspecified atom stereocenters. The predicted molar refractivity (Wildman–Crippen MR) is 78.5 cm³/mol. The van der Waals surface area contributed by atoms with E-state index in [0.717, 1.165) is 12.8 Å². The molecule has 0 aliphatic heterocycles. The molecular formula is C16H25NO2. The lowest BCUT2D eigenvalue weighted by Crippen LogP contribution is -2.39. The molecule has 0 bridgehead atoms. The summed E-state index contributed by atoms with van der Waals surface area (Å²) >= 11 is 0. The Morgan fingerprint density at radius 3 is 2.63 bits per heavy atom. The fourth-order valence-corrected chi connectivity index (χ4v) is 2.21. The second kappa shape index (κ2) is 7.29. The van der Waals surface area contributed by atoms with Gasteiger partial charge in [0.25, 0.3) is 0 Å². The average Bonchev–Trinajstić information content (AvgIpc) is 2.32. The van der Waals surface area contributed by atoms with Crippen LogP contribution in [0.15, 0.2) is 18.2 Å². The van der Waals surface area contributed by atoms with Crippen LogP contribution in [0.25, 0.3) is 0 Å². The highest BCUT2D eigenvalue weighted by Gasteiger charge is 2.16. The second-order valence-electron chi connectivity index (χ2n) is 5.40. The summed E-state index contributed by atoms with van der Waals surface area (Å²) in [4.78, 5) is 11.0. The monoisotopic (exact) mass is 263 g/mol. The molecule has 0 radical (unpaired) electrons. The van der Waals surface area contributed by atoms with Crippen LogP contribution in [-0.2, 0) is 11.2 Å². The Labute approximate surface area is 116 Å². The van der Waals surface area contributed by atoms with Crippen LogP contribution < -0.4 is 5.32 Å². The van der Waals surface area contributed by atoms with Crippen LogP contribution in [-0.4, -0.2) is 23.2 Å². The van der Waals surface area contributed by atoms with Gasteiger partial charge in [0.1, 0.15) is 0 Å². The summed E-state index contributed by atoms with van der Waals surface area (Å²) < 4.78 is 0. The molecule has 0 saturated carbocycles. The number of benzene rings is 1. The first-order chi connectivity index (χ1) is 8.92. The van der Waals surface area contributed by atoms with E-state index in [9.17, 15) is 4.79 Å². The molecule has 0 amide bonds. The molecule has 2 N–H and O–H groups in total. The van der Waals surface area contributed by atoms with Gasteiger partial charge in [-0.25, -0.2) is 0 Å². The topological polar surface area (TPSA) is 49.3 Å². The zero-order valence-corrected chi connectivity index (χ0v) is 12.4. The molecule has 3 heteroatoms. The average molecular weight is 263 g/mol. The van der Waals surface area contributed by atoms with Gasteiger partial charge in [0, 0.05) is 12.1 Å². The van der Waals surface area contributed by atoms with Crippen molar-refractivity contribution in [2.45, 2.75) is 59.0 Å². The van der Waals surface area contributed by atoms with Crippen molar-refractivity contribution in [2.24, 2.45) is 0 Å². The molecule has 2 atom stereocenters. The van der Waals surface area contributed by atoms with E-state index in [1.165, 1.54) is 16.7 Å². The highest BCUT2D eigenvalue weighted by atomic mass is 16.4. The number of aliphatic carboxylic acids is 1. The fourth-order valence-electron chi connectivity index (χ4n) is 2.21. The van der Waals surface area contributed by atoms with Gasteiger partial charge in [0.05, 0.1) is 6.42 Å². The smallest absolute Gasteiger partial charge is 0.304 e. The summed E-state index contributed by atoms with van der Waals surface area (Å²) in [6.45, 7) is 8.35. The maximum absolute atomic E-state index is 11.0. The van der Waals surface area contributed by atoms with E-state index in [0.29, 0.717) is 6.04 Å². The number of hydrogen-bond acceptors (Lipinski definition) is 2. The van der Waals surface area contributed by atoms with Gasteiger partial charge in [-0.3, -0.25) is 4.79 Å². The highest BCUT2D eigenvalue weighted by molar-refractivity contribution is 5.67. The van der Waals surface area contributed by atoms with Crippen molar-refractivity contribution in [1.82, 2.24) is 5.32 Å². The second-order valence-corrected chi connectivity index (χ2v) is 5.40. The minimum atomic E-state index is -0.744. The lowest BCUT2D eigenvalue weighted by Gasteiger charge is -2.22. The largest absolute Gasteiger partial charge is 0.481 e. The predicted octanol–water partition coefficient (Wildman–Crippen LogP) is 3.08. The van der Waals surface area contributed by atoms with E-state index in [1.807, 2.05) is 0 Å². The molecule has 0 heterocycles. The maximum Gasteiger partial charge on any atom is 0.304 e. The SMILES string of the molecule is CCC(C)NC(CC(=O)O)Cc1cc(C)ccc1C. The third-order valence-corrected chi connectivity index (χ3v) is 3.52. The van der Waals surface area contributed by atoms with Crippen LogP contribution in [0.2, 0.25) is 0 Å². The van der Waals surface area contributed by atoms with Gasteiger partial charge in [-0.1, -0.05) is 30.7 Å². The van der Waals surface area contributed by atoms with Gasteiger partial charge < -0.3 is 10.4 Å². The summed E-state index contributed by atoms with van der Waals surface area (Å²) in [7, 11) is 0. The third kappa shape index (κ3) is 5.43. The van der Waals surface area contributed by atoms with E-state index in [1.54, 1.807) is 0 Å². The molecule has 0 saturated heterocycles. The van der Waals surface area contributed by atoms with Gasteiger partial charge in [-0.2, -0.15) is 0 Å². The summed E-state index contributed by atoms with van der Waals surface area (Å²) in [5, 5.41) is 12.4. The van der Waals surface area contributed by atoms with Gasteiger partial charge >= 0.3 is 5.97 Å². The zero-order valence-electron chi connectivity index (χ0n) is 12.4. The van der Waals surface area contributed by atoms with Crippen LogP contribution in [0.3, 0.4) is 0 Å². The Balaban J connectivity index is 2.80. The van der Waals surface area contributed by atoms with Crippen molar-refractivity contribution in [3.63, 3.8) is 0 Å². The summed E-state index contributed by atoms with van der Waals surface area (Å²) in [6.07, 6.45) is 1.94. The van der Waals surface area contributed by atoms with Crippen molar-refractivity contribution in [2.75, 3.05) is 0 Å². The molecule has 0 aromatic heterocycles. The molecule has 0 aliphatic carbocycles. The van der Waals surface area contributed by atoms with Gasteiger partial charge in [-0.15, -0.1) is 0 Å². The van der Waals surface area contributed by atoms with Crippen molar-refractivity contribution in [3.05, 3.63) is 34.9 Å². The summed E-state index contributed by atoms with van der Waals surface area (Å²) in [5.74, 6) is -0.744. The molecule has 19 heavy (non-hydrogen) atoms. The number of carboxylic acids is 1. The number of carboxylic acid groups (broad SMARTS) is 1. The first kappa shape index (κ1) is 15.7. The minimum absolute atomic E-state index is 0.00653. The number of aryl methyl sites for hydroxylation is 2. The van der Waals surface area contributed by atoms with E-state index in [4.69, 9.17) is 5.11 Å². The minimum Gasteiger partial charge on any atom is -0.481 e. The normalized spacial score (nSPS) is 14.1. The van der Waals surface area contributed by atoms with Crippen LogP contribution in [0.1, 0.15) is 43.4 Å². The van der Waals surface area contributed by atoms with Crippen molar-refractivity contribution >= 4 is 5.97 Å². The Kier molecular flexibility index (Phi) is 6.03. The Morgan fingerprint density at radius 2 is 2.05 bits per heavy atom. The molecule has 0 aliphatic rings. The van der Waals surface area contributed by atoms with Gasteiger partial charge in [-0.05, 0) is 44.7 Å². The maximum atomic E-state index is 11.0. The standard InChI is InChI=1S/C16H25NO2/c1-5-13(4)17-15(10-16(18)19)9-14-8-11(2)6-7-12(14)3/h6-8,13,15,17H,5,9-10H2,1-4H3,(H,18,19). The quantitative estimate of drug-likeness (QED) is 0.795. The Hall–Kier alpha value is -1.35. The molecule has 106 valence electrons. The lowest BCUT2D eigenvalue weighted by atomic mass is 9.97. The van der Waals surface area contributed by atoms with E-state index < -0.39 is 5.97 Å². The van der Waals surface area contributed by atoms with Crippen molar-refractivity contribution < 1.29 is 9.90 Å². The molecule has 1 aromatic carbocycles. The van der Waals surface area contributed by atoms with Crippen LogP contribution in [0.4, 0.5) is 0 Å². The van der Waals surface area contributed by atoms with Crippen LogP contribution in [0, 0.1) is 13.8 Å². The van der Waals surface area contributed by atoms with Crippen LogP contribution in [0.5, 0.6) is 0 Å². The first-order valence-corrected chi connectivity index (χ1v) is 6.96. The molecule has 1 rings (SSSR count). The Bertz CT molecular complexity index is 429. The first-order valence-electron chi connectivity index (χ1n) is 6.96. The zero-order chi connectivity index (χ0) is 14.4. The highest BCUT2D eigenvalue weighted by Crippen LogP contribution is 2.14. The van der Waals surface area contributed by atoms with E-state index in [2.05, 4.69) is 51.2 Å². The third-order valence-electron chi connectivity index (χ3n) is 3.52. The van der Waals surface area contributed by atoms with Gasteiger partial charge in [0.15, 0.2) is 0 Å². The van der Waals surface area contributed by atoms with Crippen molar-refractivity contribution in [1.29, 1.82) is 0 Å². The molecular weight excluding hydrogens is 238 g/mol. The molecule has 3 nitrogen and oxygen atoms in total. The number of nitrogens with one attached hydrogen (secondary N) is 1. The van der Waals surface area contributed by atoms with Crippen LogP contribution >= 0.6 is 0 Å². The number of rotatable bonds is 7. The summed E-state index contributed by atoms with van der Waals surface area (Å²) in [5.41, 5.74) is 3.69. The fraction of sp³-hybridized carbons (Fsp3) is 0.562. The number of carbonyl (C=O) groups is 1. The van der Waals surface area contributed by atoms with Gasteiger partial charge in [0.2, 0.25) is 0 Å². The summed E-state index contributed by atoms with van der Waals surface area (Å²) in [6, 6.07) is 6.68. The number of hydrogen-bond donors (Lipinski definition) is 2. The molecule has 0 fully saturated rings. The molecule has 0 spiro atoms. The lowest BCUT2D eigenvalue weighted by molar-refractivity contribution is -0.137. The van der Waals surface area contributed by atoms with Crippen molar-refractivity contribution in [3.8, 4) is 0 Å². The molecule has 1 aromatic rings. The van der Waals surface area contributed by atoms with E-state index in [-0.39, 0.29) is 12.5 Å². The Morgan fingerprint density at radius 1 is 1.37 bits per heavy atom. The van der Waals surface area contributed by atoms with E-state index >= 15 is 0 Å².